The first-order valence-corrected chi connectivity index (χ1v) is 6.76. The van der Waals surface area contributed by atoms with E-state index in [2.05, 4.69) is 4.90 Å². The lowest BCUT2D eigenvalue weighted by Gasteiger charge is -2.32. The van der Waals surface area contributed by atoms with Crippen molar-refractivity contribution in [1.29, 1.82) is 0 Å². The lowest BCUT2D eigenvalue weighted by atomic mass is 9.95. The van der Waals surface area contributed by atoms with Crippen molar-refractivity contribution < 1.29 is 19.3 Å². The molecular weight excluding hydrogens is 237 g/mol. The molecule has 2 N–H and O–H groups in total. The third-order valence-corrected chi connectivity index (χ3v) is 3.77. The summed E-state index contributed by atoms with van der Waals surface area (Å²) in [5.74, 6) is 0.517. The first-order valence-electron chi connectivity index (χ1n) is 6.76. The van der Waals surface area contributed by atoms with Gasteiger partial charge in [0.05, 0.1) is 6.61 Å². The molecule has 0 atom stereocenters. The fourth-order valence-electron chi connectivity index (χ4n) is 2.11. The van der Waals surface area contributed by atoms with E-state index < -0.39 is 5.67 Å². The van der Waals surface area contributed by atoms with E-state index in [0.29, 0.717) is 25.4 Å². The van der Waals surface area contributed by atoms with Crippen LogP contribution in [0.15, 0.2) is 0 Å². The molecule has 18 heavy (non-hydrogen) atoms. The molecule has 0 aromatic carbocycles. The van der Waals surface area contributed by atoms with Crippen LogP contribution in [0.4, 0.5) is 4.39 Å². The molecule has 0 spiro atoms. The average Bonchev–Trinajstić information content (AvgIpc) is 2.44. The topological polar surface area (TPSA) is 52.9 Å². The van der Waals surface area contributed by atoms with Crippen molar-refractivity contribution in [2.24, 2.45) is 5.92 Å². The van der Waals surface area contributed by atoms with Gasteiger partial charge in [0.1, 0.15) is 5.67 Å². The Morgan fingerprint density at radius 2 is 1.78 bits per heavy atom. The van der Waals surface area contributed by atoms with E-state index in [1.165, 1.54) is 0 Å². The number of alkyl halides is 1. The maximum atomic E-state index is 13.2. The molecule has 0 aliphatic carbocycles. The smallest absolute Gasteiger partial charge is 0.136 e. The molecule has 2 heterocycles. The molecule has 0 saturated carbocycles. The van der Waals surface area contributed by atoms with E-state index in [0.717, 1.165) is 39.1 Å². The number of hydrogen-bond acceptors (Lipinski definition) is 4. The molecule has 5 heteroatoms. The lowest BCUT2D eigenvalue weighted by Crippen LogP contribution is -2.41. The maximum Gasteiger partial charge on any atom is 0.136 e. The number of aliphatic hydroxyl groups is 2. The molecule has 0 unspecified atom stereocenters. The van der Waals surface area contributed by atoms with Gasteiger partial charge in [-0.2, -0.15) is 0 Å². The Morgan fingerprint density at radius 3 is 2.17 bits per heavy atom. The van der Waals surface area contributed by atoms with E-state index in [-0.39, 0.29) is 6.61 Å². The van der Waals surface area contributed by atoms with Crippen molar-refractivity contribution >= 4 is 0 Å². The number of ether oxygens (including phenoxy) is 1. The van der Waals surface area contributed by atoms with Crippen LogP contribution in [0.5, 0.6) is 0 Å². The largest absolute Gasteiger partial charge is 0.396 e. The van der Waals surface area contributed by atoms with Gasteiger partial charge in [0.2, 0.25) is 0 Å². The molecule has 0 aromatic rings. The zero-order valence-corrected chi connectivity index (χ0v) is 11.3. The minimum atomic E-state index is -1.29. The lowest BCUT2D eigenvalue weighted by molar-refractivity contribution is 0.0152. The number of aliphatic hydroxyl groups excluding tert-OH is 2. The Morgan fingerprint density at radius 1 is 1.22 bits per heavy atom. The molecule has 0 bridgehead atoms. The Labute approximate surface area is 109 Å². The average molecular weight is 263 g/mol. The van der Waals surface area contributed by atoms with Gasteiger partial charge in [0.15, 0.2) is 0 Å². The van der Waals surface area contributed by atoms with Crippen molar-refractivity contribution in [1.82, 2.24) is 4.90 Å². The zero-order chi connectivity index (χ0) is 13.4. The summed E-state index contributed by atoms with van der Waals surface area (Å²) in [5, 5.41) is 17.3. The summed E-state index contributed by atoms with van der Waals surface area (Å²) in [7, 11) is 1.97. The standard InChI is InChI=1S/C7H14FNO.C6H12O2/c1-9-4-2-7(8,6-10)3-5-9;7-5-6-1-3-8-4-2-6/h10H,2-6H2,1H3;6-7H,1-5H2. The van der Waals surface area contributed by atoms with Crippen LogP contribution in [-0.2, 0) is 4.74 Å². The van der Waals surface area contributed by atoms with Crippen LogP contribution >= 0.6 is 0 Å². The predicted molar refractivity (Wildman–Crippen MR) is 68.3 cm³/mol. The molecule has 2 aliphatic rings. The summed E-state index contributed by atoms with van der Waals surface area (Å²) < 4.78 is 18.3. The van der Waals surface area contributed by atoms with E-state index >= 15 is 0 Å². The number of hydrogen-bond donors (Lipinski definition) is 2. The Balaban J connectivity index is 0.000000184. The third kappa shape index (κ3) is 5.61. The molecule has 2 rings (SSSR count). The van der Waals surface area contributed by atoms with Crippen LogP contribution in [0.3, 0.4) is 0 Å². The highest BCUT2D eigenvalue weighted by Gasteiger charge is 2.32. The van der Waals surface area contributed by atoms with Crippen LogP contribution in [0.1, 0.15) is 25.7 Å². The molecular formula is C13H26FNO3. The molecule has 2 saturated heterocycles. The van der Waals surface area contributed by atoms with Crippen molar-refractivity contribution in [3.63, 3.8) is 0 Å². The van der Waals surface area contributed by atoms with Crippen molar-refractivity contribution in [2.45, 2.75) is 31.4 Å². The fraction of sp³-hybridized carbons (Fsp3) is 1.00. The number of halogens is 1. The number of nitrogens with zero attached hydrogens (tertiary/aromatic N) is 1. The highest BCUT2D eigenvalue weighted by atomic mass is 19.1. The number of piperidine rings is 1. The first-order chi connectivity index (χ1) is 8.59. The Kier molecular flexibility index (Phi) is 7.07. The second-order valence-corrected chi connectivity index (χ2v) is 5.35. The summed E-state index contributed by atoms with van der Waals surface area (Å²) in [6.07, 6.45) is 3.02. The molecule has 108 valence electrons. The molecule has 2 aliphatic heterocycles. The van der Waals surface area contributed by atoms with Crippen molar-refractivity contribution in [3.8, 4) is 0 Å². The van der Waals surface area contributed by atoms with Gasteiger partial charge >= 0.3 is 0 Å². The quantitative estimate of drug-likeness (QED) is 0.774. The molecule has 2 fully saturated rings. The summed E-state index contributed by atoms with van der Waals surface area (Å²) in [4.78, 5) is 2.08. The van der Waals surface area contributed by atoms with Crippen LogP contribution in [0, 0.1) is 5.92 Å². The van der Waals surface area contributed by atoms with E-state index in [9.17, 15) is 4.39 Å². The molecule has 0 radical (unpaired) electrons. The minimum absolute atomic E-state index is 0.319. The van der Waals surface area contributed by atoms with Gasteiger partial charge in [0, 0.05) is 32.9 Å². The number of rotatable bonds is 2. The first kappa shape index (κ1) is 15.8. The summed E-state index contributed by atoms with van der Waals surface area (Å²) in [6.45, 7) is 3.22. The summed E-state index contributed by atoms with van der Waals surface area (Å²) in [6, 6.07) is 0. The van der Waals surface area contributed by atoms with E-state index in [1.807, 2.05) is 7.05 Å². The normalized spacial score (nSPS) is 25.3. The fourth-order valence-corrected chi connectivity index (χ4v) is 2.11. The zero-order valence-electron chi connectivity index (χ0n) is 11.3. The molecule has 4 nitrogen and oxygen atoms in total. The van der Waals surface area contributed by atoms with Crippen LogP contribution in [0.2, 0.25) is 0 Å². The Bertz CT molecular complexity index is 214. The monoisotopic (exact) mass is 263 g/mol. The molecule has 0 amide bonds. The van der Waals surface area contributed by atoms with Crippen LogP contribution < -0.4 is 0 Å². The van der Waals surface area contributed by atoms with Crippen molar-refractivity contribution in [3.05, 3.63) is 0 Å². The van der Waals surface area contributed by atoms with Gasteiger partial charge in [-0.25, -0.2) is 4.39 Å². The Hall–Kier alpha value is -0.230. The van der Waals surface area contributed by atoms with Crippen molar-refractivity contribution in [2.75, 3.05) is 46.6 Å². The van der Waals surface area contributed by atoms with Gasteiger partial charge in [-0.1, -0.05) is 0 Å². The highest BCUT2D eigenvalue weighted by Crippen LogP contribution is 2.24. The minimum Gasteiger partial charge on any atom is -0.396 e. The van der Waals surface area contributed by atoms with Gasteiger partial charge in [0.25, 0.3) is 0 Å². The number of likely N-dealkylation sites (tertiary alicyclic amines) is 1. The van der Waals surface area contributed by atoms with Crippen LogP contribution in [-0.4, -0.2) is 67.3 Å². The maximum absolute atomic E-state index is 13.2. The highest BCUT2D eigenvalue weighted by molar-refractivity contribution is 4.84. The van der Waals surface area contributed by atoms with E-state index in [1.54, 1.807) is 0 Å². The van der Waals surface area contributed by atoms with E-state index in [4.69, 9.17) is 14.9 Å². The summed E-state index contributed by atoms with van der Waals surface area (Å²) >= 11 is 0. The van der Waals surface area contributed by atoms with Gasteiger partial charge in [-0.15, -0.1) is 0 Å². The predicted octanol–water partition coefficient (Wildman–Crippen LogP) is 0.818. The van der Waals surface area contributed by atoms with Gasteiger partial charge < -0.3 is 19.8 Å². The van der Waals surface area contributed by atoms with Gasteiger partial charge in [-0.05, 0) is 38.6 Å². The second kappa shape index (κ2) is 8.04. The van der Waals surface area contributed by atoms with Crippen LogP contribution in [0.25, 0.3) is 0 Å². The third-order valence-electron chi connectivity index (χ3n) is 3.77. The second-order valence-electron chi connectivity index (χ2n) is 5.35. The summed E-state index contributed by atoms with van der Waals surface area (Å²) in [5.41, 5.74) is -1.29. The van der Waals surface area contributed by atoms with Gasteiger partial charge in [-0.3, -0.25) is 0 Å². The molecule has 0 aromatic heterocycles. The SMILES string of the molecule is CN1CCC(F)(CO)CC1.OCC1CCOCC1.